The molecule has 378 valence electrons. The van der Waals surface area contributed by atoms with Crippen molar-refractivity contribution in [2.75, 3.05) is 21.3 Å². The van der Waals surface area contributed by atoms with Gasteiger partial charge in [0.1, 0.15) is 0 Å². The van der Waals surface area contributed by atoms with Crippen molar-refractivity contribution in [3.05, 3.63) is 119 Å². The minimum absolute atomic E-state index is 0.0214. The topological polar surface area (TPSA) is 116 Å². The summed E-state index contributed by atoms with van der Waals surface area (Å²) in [6.45, 7) is 4.24. The largest absolute Gasteiger partial charge is 0.326 e. The summed E-state index contributed by atoms with van der Waals surface area (Å²) in [6, 6.07) is 30.1. The molecule has 0 radical (unpaired) electrons. The smallest absolute Gasteiger partial charge is 0.224 e. The predicted molar refractivity (Wildman–Crippen MR) is 299 cm³/mol. The molecule has 0 aliphatic heterocycles. The van der Waals surface area contributed by atoms with Gasteiger partial charge in [0.05, 0.1) is 0 Å². The highest BCUT2D eigenvalue weighted by molar-refractivity contribution is 5.92. The molecule has 8 heteroatoms. The minimum atomic E-state index is 0.0214. The Balaban J connectivity index is 0.941. The first-order valence-electron chi connectivity index (χ1n) is 26.9. The first-order valence-corrected chi connectivity index (χ1v) is 26.9. The van der Waals surface area contributed by atoms with Crippen LogP contribution in [0.1, 0.15) is 203 Å². The highest BCUT2D eigenvalue weighted by Crippen LogP contribution is 2.18. The van der Waals surface area contributed by atoms with E-state index in [1.165, 1.54) is 77.0 Å². The molecular weight excluding hydrogens is 889 g/mol. The molecule has 0 atom stereocenters. The van der Waals surface area contributed by atoms with Gasteiger partial charge in [0.2, 0.25) is 23.6 Å². The van der Waals surface area contributed by atoms with Gasteiger partial charge in [0.15, 0.2) is 0 Å². The van der Waals surface area contributed by atoms with Gasteiger partial charge in [-0.25, -0.2) is 0 Å². The van der Waals surface area contributed by atoms with Gasteiger partial charge in [-0.05, 0) is 122 Å². The Kier molecular flexibility index (Phi) is 29.5. The van der Waals surface area contributed by atoms with Crippen LogP contribution in [0.2, 0.25) is 0 Å². The zero-order valence-electron chi connectivity index (χ0n) is 43.3. The van der Waals surface area contributed by atoms with E-state index >= 15 is 0 Å². The molecule has 0 aliphatic carbocycles. The number of nitrogens with one attached hydrogen (secondary N) is 4. The van der Waals surface area contributed by atoms with Crippen LogP contribution in [0.4, 0.5) is 22.7 Å². The second kappa shape index (κ2) is 36.9. The highest BCUT2D eigenvalue weighted by Gasteiger charge is 2.07. The van der Waals surface area contributed by atoms with E-state index in [-0.39, 0.29) is 23.6 Å². The summed E-state index contributed by atoms with van der Waals surface area (Å²) in [6.07, 6.45) is 27.2. The standard InChI is InChI=1S/C64H78N4O4/c1-3-5-21-45-61(69)65-57-41-29-37-53(49-57)33-25-27-35-55-39-31-43-59(51-55)67-63(71)47-23-19-17-15-13-11-9-7-8-10-12-14-16-18-20-24-48-64(72)68-60-44-32-40-56(52-60)36-28-26-34-54-38-30-42-58(50-54)66-62(70)46-22-6-4-2/h29-32,37-44,49-52H,3-24,45-48H2,1-2H3,(H,65,69)(H,66,70)(H,67,71)(H,68,72). The molecular formula is C64H78N4O4. The molecule has 4 aromatic rings. The molecule has 0 aliphatic rings. The highest BCUT2D eigenvalue weighted by atomic mass is 16.2. The van der Waals surface area contributed by atoms with Gasteiger partial charge >= 0.3 is 0 Å². The normalized spacial score (nSPS) is 10.2. The fourth-order valence-electron chi connectivity index (χ4n) is 8.12. The molecule has 4 N–H and O–H groups in total. The minimum Gasteiger partial charge on any atom is -0.326 e. The van der Waals surface area contributed by atoms with E-state index in [0.29, 0.717) is 25.7 Å². The molecule has 0 saturated carbocycles. The summed E-state index contributed by atoms with van der Waals surface area (Å²) < 4.78 is 0. The van der Waals surface area contributed by atoms with Crippen LogP contribution in [-0.4, -0.2) is 23.6 Å². The van der Waals surface area contributed by atoms with Crippen molar-refractivity contribution in [2.24, 2.45) is 0 Å². The number of carbonyl (C=O) groups excluding carboxylic acids is 4. The molecule has 72 heavy (non-hydrogen) atoms. The zero-order chi connectivity index (χ0) is 51.1. The van der Waals surface area contributed by atoms with Crippen LogP contribution >= 0.6 is 0 Å². The van der Waals surface area contributed by atoms with Gasteiger partial charge in [-0.2, -0.15) is 0 Å². The summed E-state index contributed by atoms with van der Waals surface area (Å²) in [5.74, 6) is 23.9. The maximum Gasteiger partial charge on any atom is 0.224 e. The molecule has 0 unspecified atom stereocenters. The van der Waals surface area contributed by atoms with Gasteiger partial charge < -0.3 is 21.3 Å². The van der Waals surface area contributed by atoms with E-state index in [9.17, 15) is 19.2 Å². The number of benzene rings is 4. The van der Waals surface area contributed by atoms with E-state index in [2.05, 4.69) is 82.5 Å². The maximum atomic E-state index is 12.6. The average molecular weight is 967 g/mol. The Morgan fingerprint density at radius 2 is 0.514 bits per heavy atom. The van der Waals surface area contributed by atoms with Crippen molar-refractivity contribution in [1.82, 2.24) is 0 Å². The number of hydrogen-bond donors (Lipinski definition) is 4. The predicted octanol–water partition coefficient (Wildman–Crippen LogP) is 15.1. The molecule has 0 aromatic heterocycles. The number of carbonyl (C=O) groups is 4. The first-order chi connectivity index (χ1) is 35.3. The lowest BCUT2D eigenvalue weighted by molar-refractivity contribution is -0.117. The third kappa shape index (κ3) is 27.4. The summed E-state index contributed by atoms with van der Waals surface area (Å²) in [5.41, 5.74) is 6.09. The van der Waals surface area contributed by atoms with E-state index in [1.807, 2.05) is 97.1 Å². The maximum absolute atomic E-state index is 12.6. The van der Waals surface area contributed by atoms with Crippen LogP contribution in [0.5, 0.6) is 0 Å². The molecule has 8 nitrogen and oxygen atoms in total. The summed E-state index contributed by atoms with van der Waals surface area (Å²) in [4.78, 5) is 49.5. The van der Waals surface area contributed by atoms with Gasteiger partial charge in [-0.15, -0.1) is 0 Å². The molecule has 0 fully saturated rings. The molecule has 4 amide bonds. The van der Waals surface area contributed by atoms with Crippen LogP contribution < -0.4 is 21.3 Å². The lowest BCUT2D eigenvalue weighted by atomic mass is 10.0. The van der Waals surface area contributed by atoms with Crippen molar-refractivity contribution < 1.29 is 19.2 Å². The number of anilines is 4. The van der Waals surface area contributed by atoms with E-state index in [0.717, 1.165) is 109 Å². The van der Waals surface area contributed by atoms with E-state index in [1.54, 1.807) is 0 Å². The van der Waals surface area contributed by atoms with E-state index < -0.39 is 0 Å². The quantitative estimate of drug-likeness (QED) is 0.0297. The molecule has 0 bridgehead atoms. The van der Waals surface area contributed by atoms with Gasteiger partial charge in [-0.3, -0.25) is 19.2 Å². The summed E-state index contributed by atoms with van der Waals surface area (Å²) in [5, 5.41) is 11.9. The van der Waals surface area contributed by atoms with Gasteiger partial charge in [0.25, 0.3) is 0 Å². The lowest BCUT2D eigenvalue weighted by Crippen LogP contribution is -2.11. The van der Waals surface area contributed by atoms with Crippen molar-refractivity contribution in [1.29, 1.82) is 0 Å². The Labute approximate surface area is 432 Å². The first kappa shape index (κ1) is 57.6. The van der Waals surface area contributed by atoms with Crippen molar-refractivity contribution in [3.63, 3.8) is 0 Å². The number of hydrogen-bond acceptors (Lipinski definition) is 4. The Hall–Kier alpha value is -7.00. The number of unbranched alkanes of at least 4 members (excludes halogenated alkanes) is 19. The van der Waals surface area contributed by atoms with Gasteiger partial charge in [-0.1, -0.05) is 177 Å². The molecule has 0 saturated heterocycles. The monoisotopic (exact) mass is 967 g/mol. The third-order valence-electron chi connectivity index (χ3n) is 12.1. The van der Waals surface area contributed by atoms with Crippen molar-refractivity contribution in [3.8, 4) is 47.4 Å². The van der Waals surface area contributed by atoms with Crippen LogP contribution in [0.3, 0.4) is 0 Å². The van der Waals surface area contributed by atoms with Crippen molar-refractivity contribution in [2.45, 2.75) is 181 Å². The number of rotatable bonds is 31. The fraction of sp³-hybridized carbons (Fsp3) is 0.438. The molecule has 0 spiro atoms. The Bertz CT molecular complexity index is 2370. The lowest BCUT2D eigenvalue weighted by Gasteiger charge is -2.06. The zero-order valence-corrected chi connectivity index (χ0v) is 43.3. The summed E-state index contributed by atoms with van der Waals surface area (Å²) >= 11 is 0. The summed E-state index contributed by atoms with van der Waals surface area (Å²) in [7, 11) is 0. The second-order valence-electron chi connectivity index (χ2n) is 18.6. The Morgan fingerprint density at radius 1 is 0.306 bits per heavy atom. The molecule has 4 rings (SSSR count). The molecule has 4 aromatic carbocycles. The molecule has 0 heterocycles. The number of amides is 4. The Morgan fingerprint density at radius 3 is 0.736 bits per heavy atom. The van der Waals surface area contributed by atoms with Crippen LogP contribution in [0.15, 0.2) is 97.1 Å². The van der Waals surface area contributed by atoms with E-state index in [4.69, 9.17) is 0 Å². The van der Waals surface area contributed by atoms with Crippen LogP contribution in [0, 0.1) is 47.4 Å². The van der Waals surface area contributed by atoms with Gasteiger partial charge in [0, 0.05) is 70.7 Å². The van der Waals surface area contributed by atoms with Crippen LogP contribution in [-0.2, 0) is 19.2 Å². The second-order valence-corrected chi connectivity index (χ2v) is 18.6. The fourth-order valence-corrected chi connectivity index (χ4v) is 8.12. The van der Waals surface area contributed by atoms with Crippen molar-refractivity contribution >= 4 is 46.4 Å². The SMILES string of the molecule is CCCCCC(=O)Nc1cccc(C#CC#Cc2cccc(NC(=O)CCCCCCCCCCCCCCCCCCC(=O)Nc3cccc(C#CC#Cc4cccc(NC(=O)CCCCC)c4)c3)c2)c1. The van der Waals surface area contributed by atoms with Crippen LogP contribution in [0.25, 0.3) is 0 Å². The average Bonchev–Trinajstić information content (AvgIpc) is 3.37. The third-order valence-corrected chi connectivity index (χ3v) is 12.1.